The zero-order valence-corrected chi connectivity index (χ0v) is 7.78. The van der Waals surface area contributed by atoms with Gasteiger partial charge in [0, 0.05) is 0 Å². The van der Waals surface area contributed by atoms with Crippen LogP contribution in [0.25, 0.3) is 0 Å². The van der Waals surface area contributed by atoms with Crippen molar-refractivity contribution in [2.75, 3.05) is 0 Å². The van der Waals surface area contributed by atoms with E-state index in [2.05, 4.69) is 0 Å². The monoisotopic (exact) mass is 249 g/mol. The molecule has 0 aliphatic rings. The Bertz CT molecular complexity index is 357. The summed E-state index contributed by atoms with van der Waals surface area (Å²) in [4.78, 5) is 52.9. The van der Waals surface area contributed by atoms with Crippen molar-refractivity contribution in [2.45, 2.75) is 0 Å². The summed E-state index contributed by atoms with van der Waals surface area (Å²) in [6, 6.07) is 0. The van der Waals surface area contributed by atoms with E-state index < -0.39 is 41.2 Å². The molecule has 0 aromatic carbocycles. The Morgan fingerprint density at radius 3 is 0.882 bits per heavy atom. The minimum Gasteiger partial charge on any atom is -0.480 e. The Labute approximate surface area is 91.7 Å². The van der Waals surface area contributed by atoms with Crippen molar-refractivity contribution in [3.8, 4) is 0 Å². The predicted octanol–water partition coefficient (Wildman–Crippen LogP) is -2.03. The zero-order valence-electron chi connectivity index (χ0n) is 7.78. The maximum atomic E-state index is 10.6. The lowest BCUT2D eigenvalue weighted by Gasteiger charge is -2.22. The highest BCUT2D eigenvalue weighted by Crippen LogP contribution is 2.32. The van der Waals surface area contributed by atoms with E-state index in [1.807, 2.05) is 0 Å². The van der Waals surface area contributed by atoms with Gasteiger partial charge in [-0.1, -0.05) is 0 Å². The first-order valence-electron chi connectivity index (χ1n) is 3.64. The Balaban J connectivity index is 6.17. The third kappa shape index (κ3) is 2.00. The van der Waals surface area contributed by atoms with Gasteiger partial charge in [-0.3, -0.25) is 24.0 Å². The SMILES string of the molecule is O=C(O)[C](C(=O)O)C(C(=O)O)(C(=O)O)C(=O)O. The highest BCUT2D eigenvalue weighted by atomic mass is 16.4. The van der Waals surface area contributed by atoms with Crippen LogP contribution in [-0.2, 0) is 24.0 Å². The first kappa shape index (κ1) is 14.3. The molecule has 93 valence electrons. The average molecular weight is 249 g/mol. The van der Waals surface area contributed by atoms with Crippen molar-refractivity contribution >= 4 is 29.8 Å². The molecule has 0 atom stereocenters. The van der Waals surface area contributed by atoms with Crippen LogP contribution < -0.4 is 0 Å². The largest absolute Gasteiger partial charge is 0.480 e. The van der Waals surface area contributed by atoms with Crippen molar-refractivity contribution in [1.82, 2.24) is 0 Å². The van der Waals surface area contributed by atoms with E-state index in [-0.39, 0.29) is 0 Å². The fourth-order valence-electron chi connectivity index (χ4n) is 1.01. The average Bonchev–Trinajstić information content (AvgIpc) is 2.09. The molecule has 1 radical (unpaired) electrons. The van der Waals surface area contributed by atoms with Crippen LogP contribution >= 0.6 is 0 Å². The van der Waals surface area contributed by atoms with Crippen molar-refractivity contribution in [3.63, 3.8) is 0 Å². The molecule has 0 aliphatic heterocycles. The summed E-state index contributed by atoms with van der Waals surface area (Å²) in [5.74, 6) is -15.0. The smallest absolute Gasteiger partial charge is 0.334 e. The lowest BCUT2D eigenvalue weighted by molar-refractivity contribution is -0.179. The number of carboxylic acid groups (broad SMARTS) is 5. The second-order valence-corrected chi connectivity index (χ2v) is 2.65. The number of hydrogen-bond donors (Lipinski definition) is 5. The Kier molecular flexibility index (Phi) is 3.77. The number of carbonyl (C=O) groups is 5. The van der Waals surface area contributed by atoms with Crippen molar-refractivity contribution < 1.29 is 49.5 Å². The third-order valence-electron chi connectivity index (χ3n) is 1.77. The summed E-state index contributed by atoms with van der Waals surface area (Å²) in [5.41, 5.74) is -4.07. The van der Waals surface area contributed by atoms with E-state index in [0.717, 1.165) is 0 Å². The topological polar surface area (TPSA) is 186 Å². The molecule has 0 heterocycles. The van der Waals surface area contributed by atoms with E-state index in [4.69, 9.17) is 25.5 Å². The summed E-state index contributed by atoms with van der Waals surface area (Å²) in [7, 11) is 0. The number of hydrogen-bond acceptors (Lipinski definition) is 5. The maximum absolute atomic E-state index is 10.6. The fraction of sp³-hybridized carbons (Fsp3) is 0.143. The summed E-state index contributed by atoms with van der Waals surface area (Å²) >= 11 is 0. The minimum atomic E-state index is -4.07. The highest BCUT2D eigenvalue weighted by molar-refractivity contribution is 6.30. The Morgan fingerprint density at radius 1 is 0.588 bits per heavy atom. The summed E-state index contributed by atoms with van der Waals surface area (Å²) in [6.07, 6.45) is 0. The van der Waals surface area contributed by atoms with Crippen molar-refractivity contribution in [3.05, 3.63) is 5.92 Å². The van der Waals surface area contributed by atoms with Gasteiger partial charge in [0.25, 0.3) is 5.41 Å². The van der Waals surface area contributed by atoms with Crippen molar-refractivity contribution in [1.29, 1.82) is 0 Å². The van der Waals surface area contributed by atoms with Gasteiger partial charge in [-0.25, -0.2) is 0 Å². The molecule has 10 heteroatoms. The normalized spacial score (nSPS) is 10.9. The van der Waals surface area contributed by atoms with E-state index in [0.29, 0.717) is 0 Å². The van der Waals surface area contributed by atoms with Crippen LogP contribution in [0.4, 0.5) is 0 Å². The highest BCUT2D eigenvalue weighted by Gasteiger charge is 2.67. The standard InChI is InChI=1S/C7H5O10/c8-2(9)1(3(10)11)7(4(12)13,5(14)15)6(16)17/h(H,8,9)(H,10,11)(H,12,13)(H,14,15)(H,16,17). The van der Waals surface area contributed by atoms with Crippen LogP contribution in [0, 0.1) is 11.3 Å². The van der Waals surface area contributed by atoms with Gasteiger partial charge < -0.3 is 25.5 Å². The molecule has 0 fully saturated rings. The molecule has 0 unspecified atom stereocenters. The van der Waals surface area contributed by atoms with Crippen LogP contribution in [-0.4, -0.2) is 55.4 Å². The Hall–Kier alpha value is -2.65. The molecule has 17 heavy (non-hydrogen) atoms. The van der Waals surface area contributed by atoms with Gasteiger partial charge in [-0.2, -0.15) is 0 Å². The van der Waals surface area contributed by atoms with Crippen molar-refractivity contribution in [2.24, 2.45) is 5.41 Å². The van der Waals surface area contributed by atoms with Crippen LogP contribution in [0.1, 0.15) is 0 Å². The molecule has 10 nitrogen and oxygen atoms in total. The molecule has 0 rings (SSSR count). The number of aliphatic carboxylic acids is 5. The molecular weight excluding hydrogens is 244 g/mol. The second kappa shape index (κ2) is 4.47. The fourth-order valence-corrected chi connectivity index (χ4v) is 1.01. The van der Waals surface area contributed by atoms with Gasteiger partial charge in [0.15, 0.2) is 0 Å². The van der Waals surface area contributed by atoms with Gasteiger partial charge >= 0.3 is 29.8 Å². The van der Waals surface area contributed by atoms with Gasteiger partial charge in [0.05, 0.1) is 0 Å². The molecule has 0 bridgehead atoms. The first-order chi connectivity index (χ1) is 7.59. The predicted molar refractivity (Wildman–Crippen MR) is 43.9 cm³/mol. The summed E-state index contributed by atoms with van der Waals surface area (Å²) < 4.78 is 0. The first-order valence-corrected chi connectivity index (χ1v) is 3.64. The molecule has 0 aromatic rings. The maximum Gasteiger partial charge on any atom is 0.334 e. The van der Waals surface area contributed by atoms with Gasteiger partial charge in [-0.05, 0) is 0 Å². The van der Waals surface area contributed by atoms with Gasteiger partial charge in [0.1, 0.15) is 0 Å². The molecule has 0 aromatic heterocycles. The quantitative estimate of drug-likeness (QED) is 0.328. The van der Waals surface area contributed by atoms with Gasteiger partial charge in [0.2, 0.25) is 5.92 Å². The lowest BCUT2D eigenvalue weighted by atomic mass is 9.75. The summed E-state index contributed by atoms with van der Waals surface area (Å²) in [5, 5.41) is 42.4. The molecule has 0 aliphatic carbocycles. The molecule has 0 spiro atoms. The molecular formula is C7H5O10. The van der Waals surface area contributed by atoms with E-state index >= 15 is 0 Å². The number of carboxylic acids is 5. The number of rotatable bonds is 6. The molecule has 5 N–H and O–H groups in total. The zero-order chi connectivity index (χ0) is 14.0. The lowest BCUT2D eigenvalue weighted by Crippen LogP contribution is -2.55. The molecule has 0 saturated heterocycles. The summed E-state index contributed by atoms with van der Waals surface area (Å²) in [6.45, 7) is 0. The van der Waals surface area contributed by atoms with E-state index in [1.54, 1.807) is 0 Å². The van der Waals surface area contributed by atoms with E-state index in [9.17, 15) is 24.0 Å². The second-order valence-electron chi connectivity index (χ2n) is 2.65. The van der Waals surface area contributed by atoms with Crippen LogP contribution in [0.5, 0.6) is 0 Å². The molecule has 0 amide bonds. The van der Waals surface area contributed by atoms with E-state index in [1.165, 1.54) is 0 Å². The third-order valence-corrected chi connectivity index (χ3v) is 1.77. The van der Waals surface area contributed by atoms with Crippen LogP contribution in [0.15, 0.2) is 0 Å². The Morgan fingerprint density at radius 2 is 0.824 bits per heavy atom. The van der Waals surface area contributed by atoms with Gasteiger partial charge in [-0.15, -0.1) is 0 Å². The van der Waals surface area contributed by atoms with Crippen LogP contribution in [0.3, 0.4) is 0 Å². The molecule has 0 saturated carbocycles. The minimum absolute atomic E-state index is 2.19. The van der Waals surface area contributed by atoms with Crippen LogP contribution in [0.2, 0.25) is 0 Å².